The SMILES string of the molecule is Cc1nc(N2CC(Nc3cccnc3)CC2C(=O)O)c2oc3ccccc3c2n1. The summed E-state index contributed by atoms with van der Waals surface area (Å²) in [5, 5.41) is 14.1. The minimum absolute atomic E-state index is 0.0602. The predicted molar refractivity (Wildman–Crippen MR) is 109 cm³/mol. The van der Waals surface area contributed by atoms with E-state index >= 15 is 0 Å². The first kappa shape index (κ1) is 17.4. The lowest BCUT2D eigenvalue weighted by atomic mass is 10.1. The topological polar surface area (TPSA) is 104 Å². The lowest BCUT2D eigenvalue weighted by Crippen LogP contribution is -2.37. The van der Waals surface area contributed by atoms with Gasteiger partial charge in [0.2, 0.25) is 0 Å². The normalized spacial score (nSPS) is 19.1. The quantitative estimate of drug-likeness (QED) is 0.548. The summed E-state index contributed by atoms with van der Waals surface area (Å²) in [5.41, 5.74) is 2.79. The summed E-state index contributed by atoms with van der Waals surface area (Å²) in [6.07, 6.45) is 3.87. The number of anilines is 2. The zero-order chi connectivity index (χ0) is 20.0. The number of rotatable bonds is 4. The van der Waals surface area contributed by atoms with Crippen molar-refractivity contribution in [2.24, 2.45) is 0 Å². The molecule has 1 fully saturated rings. The van der Waals surface area contributed by atoms with Crippen molar-refractivity contribution in [3.05, 3.63) is 54.6 Å². The van der Waals surface area contributed by atoms with Crippen molar-refractivity contribution in [1.29, 1.82) is 0 Å². The summed E-state index contributed by atoms with van der Waals surface area (Å²) >= 11 is 0. The van der Waals surface area contributed by atoms with Crippen molar-refractivity contribution in [2.45, 2.75) is 25.4 Å². The van der Waals surface area contributed by atoms with E-state index < -0.39 is 12.0 Å². The molecular weight excluding hydrogens is 370 g/mol. The first-order valence-electron chi connectivity index (χ1n) is 9.42. The molecule has 2 unspecified atom stereocenters. The van der Waals surface area contributed by atoms with E-state index in [0.29, 0.717) is 41.3 Å². The Morgan fingerprint density at radius 2 is 2.10 bits per heavy atom. The second kappa shape index (κ2) is 6.73. The van der Waals surface area contributed by atoms with E-state index in [1.807, 2.05) is 43.3 Å². The van der Waals surface area contributed by atoms with E-state index in [0.717, 1.165) is 11.1 Å². The van der Waals surface area contributed by atoms with Gasteiger partial charge in [-0.25, -0.2) is 14.8 Å². The summed E-state index contributed by atoms with van der Waals surface area (Å²) in [6, 6.07) is 10.6. The zero-order valence-corrected chi connectivity index (χ0v) is 15.7. The number of aromatic nitrogens is 3. The number of carbonyl (C=O) groups is 1. The lowest BCUT2D eigenvalue weighted by Gasteiger charge is -2.22. The van der Waals surface area contributed by atoms with Crippen molar-refractivity contribution in [2.75, 3.05) is 16.8 Å². The first-order valence-corrected chi connectivity index (χ1v) is 9.42. The van der Waals surface area contributed by atoms with Crippen molar-refractivity contribution < 1.29 is 14.3 Å². The monoisotopic (exact) mass is 389 g/mol. The number of hydrogen-bond donors (Lipinski definition) is 2. The average Bonchev–Trinajstić information content (AvgIpc) is 3.30. The second-order valence-corrected chi connectivity index (χ2v) is 7.20. The highest BCUT2D eigenvalue weighted by Gasteiger charge is 2.39. The van der Waals surface area contributed by atoms with Crippen molar-refractivity contribution in [3.8, 4) is 0 Å². The fourth-order valence-corrected chi connectivity index (χ4v) is 3.97. The van der Waals surface area contributed by atoms with Gasteiger partial charge in [-0.3, -0.25) is 4.98 Å². The maximum absolute atomic E-state index is 12.0. The van der Waals surface area contributed by atoms with Crippen molar-refractivity contribution in [1.82, 2.24) is 15.0 Å². The van der Waals surface area contributed by atoms with E-state index in [-0.39, 0.29) is 6.04 Å². The van der Waals surface area contributed by atoms with Crippen LogP contribution in [0.1, 0.15) is 12.2 Å². The Balaban J connectivity index is 1.58. The van der Waals surface area contributed by atoms with Gasteiger partial charge in [0, 0.05) is 36.8 Å². The molecule has 1 aliphatic heterocycles. The van der Waals surface area contributed by atoms with Gasteiger partial charge in [-0.15, -0.1) is 0 Å². The highest BCUT2D eigenvalue weighted by atomic mass is 16.4. The van der Waals surface area contributed by atoms with Gasteiger partial charge >= 0.3 is 5.97 Å². The van der Waals surface area contributed by atoms with Crippen LogP contribution in [0.25, 0.3) is 22.1 Å². The average molecular weight is 389 g/mol. The summed E-state index contributed by atoms with van der Waals surface area (Å²) in [5.74, 6) is 0.208. The maximum Gasteiger partial charge on any atom is 0.326 e. The van der Waals surface area contributed by atoms with Crippen LogP contribution in [-0.2, 0) is 4.79 Å². The molecule has 8 heteroatoms. The standard InChI is InChI=1S/C21H19N5O3/c1-12-23-18-15-6-2-3-7-17(15)29-19(18)20(24-12)26-11-14(9-16(26)21(27)28)25-13-5-4-8-22-10-13/h2-8,10,14,16,25H,9,11H2,1H3,(H,27,28). The number of aliphatic carboxylic acids is 1. The van der Waals surface area contributed by atoms with Crippen LogP contribution in [0.5, 0.6) is 0 Å². The molecule has 0 saturated carbocycles. The molecular formula is C21H19N5O3. The van der Waals surface area contributed by atoms with Gasteiger partial charge in [0.1, 0.15) is 23.0 Å². The van der Waals surface area contributed by atoms with Gasteiger partial charge in [0.15, 0.2) is 11.4 Å². The number of nitrogens with zero attached hydrogens (tertiary/aromatic N) is 4. The molecule has 1 aromatic carbocycles. The van der Waals surface area contributed by atoms with Gasteiger partial charge < -0.3 is 19.7 Å². The molecule has 0 amide bonds. The molecule has 3 aromatic heterocycles. The Morgan fingerprint density at radius 1 is 1.24 bits per heavy atom. The fraction of sp³-hybridized carbons (Fsp3) is 0.238. The minimum atomic E-state index is -0.888. The highest BCUT2D eigenvalue weighted by Crippen LogP contribution is 2.36. The number of furan rings is 1. The van der Waals surface area contributed by atoms with Crippen LogP contribution in [0.3, 0.4) is 0 Å². The number of nitrogens with one attached hydrogen (secondary N) is 1. The van der Waals surface area contributed by atoms with E-state index in [9.17, 15) is 9.90 Å². The Morgan fingerprint density at radius 3 is 2.90 bits per heavy atom. The molecule has 1 aliphatic rings. The number of fused-ring (bicyclic) bond motifs is 3. The molecule has 8 nitrogen and oxygen atoms in total. The van der Waals surface area contributed by atoms with Gasteiger partial charge in [-0.1, -0.05) is 12.1 Å². The predicted octanol–water partition coefficient (Wildman–Crippen LogP) is 3.22. The molecule has 2 atom stereocenters. The number of aryl methyl sites for hydroxylation is 1. The number of hydrogen-bond acceptors (Lipinski definition) is 7. The number of benzene rings is 1. The summed E-state index contributed by atoms with van der Waals surface area (Å²) in [6.45, 7) is 2.29. The molecule has 4 aromatic rings. The molecule has 0 aliphatic carbocycles. The van der Waals surface area contributed by atoms with Crippen molar-refractivity contribution >= 4 is 39.5 Å². The van der Waals surface area contributed by atoms with Crippen LogP contribution < -0.4 is 10.2 Å². The fourth-order valence-electron chi connectivity index (χ4n) is 3.97. The smallest absolute Gasteiger partial charge is 0.326 e. The Labute approximate surface area is 166 Å². The number of carboxylic acid groups (broad SMARTS) is 1. The molecule has 4 heterocycles. The van der Waals surface area contributed by atoms with Crippen LogP contribution in [0.15, 0.2) is 53.2 Å². The third-order valence-electron chi connectivity index (χ3n) is 5.20. The third kappa shape index (κ3) is 3.02. The summed E-state index contributed by atoms with van der Waals surface area (Å²) < 4.78 is 6.04. The molecule has 29 heavy (non-hydrogen) atoms. The van der Waals surface area contributed by atoms with Gasteiger partial charge in [0.05, 0.1) is 5.69 Å². The summed E-state index contributed by atoms with van der Waals surface area (Å²) in [4.78, 5) is 27.0. The van der Waals surface area contributed by atoms with Crippen LogP contribution in [0, 0.1) is 6.92 Å². The van der Waals surface area contributed by atoms with Crippen LogP contribution in [0.4, 0.5) is 11.5 Å². The second-order valence-electron chi connectivity index (χ2n) is 7.20. The Kier molecular flexibility index (Phi) is 4.04. The molecule has 146 valence electrons. The molecule has 0 radical (unpaired) electrons. The van der Waals surface area contributed by atoms with E-state index in [1.165, 1.54) is 0 Å². The number of pyridine rings is 1. The zero-order valence-electron chi connectivity index (χ0n) is 15.7. The van der Waals surface area contributed by atoms with Gasteiger partial charge in [-0.05, 0) is 31.2 Å². The van der Waals surface area contributed by atoms with Crippen LogP contribution >= 0.6 is 0 Å². The Bertz CT molecular complexity index is 1210. The van der Waals surface area contributed by atoms with Crippen LogP contribution in [-0.4, -0.2) is 44.7 Å². The van der Waals surface area contributed by atoms with Crippen molar-refractivity contribution in [3.63, 3.8) is 0 Å². The van der Waals surface area contributed by atoms with E-state index in [2.05, 4.69) is 20.3 Å². The molecule has 0 bridgehead atoms. The third-order valence-corrected chi connectivity index (χ3v) is 5.20. The molecule has 1 saturated heterocycles. The minimum Gasteiger partial charge on any atom is -0.480 e. The van der Waals surface area contributed by atoms with Gasteiger partial charge in [0.25, 0.3) is 0 Å². The number of carboxylic acids is 1. The molecule has 5 rings (SSSR count). The van der Waals surface area contributed by atoms with Crippen LogP contribution in [0.2, 0.25) is 0 Å². The first-order chi connectivity index (χ1) is 14.1. The lowest BCUT2D eigenvalue weighted by molar-refractivity contribution is -0.138. The van der Waals surface area contributed by atoms with E-state index in [1.54, 1.807) is 17.3 Å². The molecule has 2 N–H and O–H groups in total. The highest BCUT2D eigenvalue weighted by molar-refractivity contribution is 6.06. The Hall–Kier alpha value is -3.68. The summed E-state index contributed by atoms with van der Waals surface area (Å²) in [7, 11) is 0. The largest absolute Gasteiger partial charge is 0.480 e. The van der Waals surface area contributed by atoms with Gasteiger partial charge in [-0.2, -0.15) is 0 Å². The van der Waals surface area contributed by atoms with E-state index in [4.69, 9.17) is 4.42 Å². The molecule has 0 spiro atoms. The maximum atomic E-state index is 12.0. The number of para-hydroxylation sites is 1.